The van der Waals surface area contributed by atoms with E-state index in [0.29, 0.717) is 13.2 Å². The summed E-state index contributed by atoms with van der Waals surface area (Å²) in [5.41, 5.74) is 0. The standard InChI is InChI=1S/C15H25NO2/c1-3-10-16-14(12-17-11-4-2)13-18-15-8-6-5-7-9-15/h5-9,14,16H,3-4,10-13H2,1-2H3. The van der Waals surface area contributed by atoms with Crippen LogP contribution in [0.3, 0.4) is 0 Å². The van der Waals surface area contributed by atoms with Crippen molar-refractivity contribution in [3.05, 3.63) is 30.3 Å². The molecule has 0 spiro atoms. The molecule has 0 saturated heterocycles. The summed E-state index contributed by atoms with van der Waals surface area (Å²) in [5, 5.41) is 3.45. The third-order valence-electron chi connectivity index (χ3n) is 2.54. The highest BCUT2D eigenvalue weighted by Gasteiger charge is 2.08. The predicted molar refractivity (Wildman–Crippen MR) is 75.1 cm³/mol. The van der Waals surface area contributed by atoms with Gasteiger partial charge in [-0.05, 0) is 31.5 Å². The van der Waals surface area contributed by atoms with Crippen LogP contribution in [0.15, 0.2) is 30.3 Å². The van der Waals surface area contributed by atoms with Gasteiger partial charge in [-0.15, -0.1) is 0 Å². The monoisotopic (exact) mass is 251 g/mol. The quantitative estimate of drug-likeness (QED) is 0.649. The van der Waals surface area contributed by atoms with Crippen LogP contribution in [0, 0.1) is 0 Å². The molecule has 0 heterocycles. The number of nitrogens with one attached hydrogen (secondary N) is 1. The van der Waals surface area contributed by atoms with Gasteiger partial charge in [0.25, 0.3) is 0 Å². The summed E-state index contributed by atoms with van der Waals surface area (Å²) >= 11 is 0. The molecule has 0 saturated carbocycles. The van der Waals surface area contributed by atoms with Crippen LogP contribution in [0.2, 0.25) is 0 Å². The second kappa shape index (κ2) is 9.92. The number of para-hydroxylation sites is 1. The molecule has 1 N–H and O–H groups in total. The van der Waals surface area contributed by atoms with E-state index in [-0.39, 0.29) is 6.04 Å². The molecule has 0 fully saturated rings. The number of ether oxygens (including phenoxy) is 2. The van der Waals surface area contributed by atoms with Crippen LogP contribution in [0.1, 0.15) is 26.7 Å². The Morgan fingerprint density at radius 2 is 1.83 bits per heavy atom. The lowest BCUT2D eigenvalue weighted by molar-refractivity contribution is 0.0938. The maximum absolute atomic E-state index is 5.75. The van der Waals surface area contributed by atoms with Crippen LogP contribution in [0.25, 0.3) is 0 Å². The summed E-state index contributed by atoms with van der Waals surface area (Å²) in [6, 6.07) is 10.2. The fraction of sp³-hybridized carbons (Fsp3) is 0.600. The van der Waals surface area contributed by atoms with Crippen LogP contribution in [-0.4, -0.2) is 32.4 Å². The van der Waals surface area contributed by atoms with Gasteiger partial charge in [0.1, 0.15) is 12.4 Å². The number of rotatable bonds is 10. The van der Waals surface area contributed by atoms with Gasteiger partial charge in [0, 0.05) is 6.61 Å². The van der Waals surface area contributed by atoms with Crippen molar-refractivity contribution in [2.24, 2.45) is 0 Å². The first kappa shape index (κ1) is 15.0. The maximum atomic E-state index is 5.75. The second-order valence-corrected chi connectivity index (χ2v) is 4.35. The van der Waals surface area contributed by atoms with Crippen LogP contribution >= 0.6 is 0 Å². The summed E-state index contributed by atoms with van der Waals surface area (Å²) in [4.78, 5) is 0. The Bertz CT molecular complexity index is 290. The van der Waals surface area contributed by atoms with Gasteiger partial charge in [0.15, 0.2) is 0 Å². The summed E-state index contributed by atoms with van der Waals surface area (Å²) in [7, 11) is 0. The van der Waals surface area contributed by atoms with Gasteiger partial charge in [0.2, 0.25) is 0 Å². The van der Waals surface area contributed by atoms with Gasteiger partial charge < -0.3 is 14.8 Å². The molecule has 3 heteroatoms. The molecular formula is C15H25NO2. The van der Waals surface area contributed by atoms with Crippen molar-refractivity contribution in [3.63, 3.8) is 0 Å². The maximum Gasteiger partial charge on any atom is 0.119 e. The van der Waals surface area contributed by atoms with Crippen molar-refractivity contribution in [3.8, 4) is 5.75 Å². The lowest BCUT2D eigenvalue weighted by atomic mass is 10.3. The van der Waals surface area contributed by atoms with Gasteiger partial charge in [-0.3, -0.25) is 0 Å². The number of hydrogen-bond donors (Lipinski definition) is 1. The topological polar surface area (TPSA) is 30.5 Å². The molecule has 1 unspecified atom stereocenters. The van der Waals surface area contributed by atoms with Gasteiger partial charge in [-0.2, -0.15) is 0 Å². The Kier molecular flexibility index (Phi) is 8.26. The lowest BCUT2D eigenvalue weighted by Crippen LogP contribution is -2.39. The minimum absolute atomic E-state index is 0.261. The Balaban J connectivity index is 2.30. The van der Waals surface area contributed by atoms with Crippen molar-refractivity contribution >= 4 is 0 Å². The zero-order valence-corrected chi connectivity index (χ0v) is 11.5. The van der Waals surface area contributed by atoms with Gasteiger partial charge in [-0.1, -0.05) is 32.0 Å². The van der Waals surface area contributed by atoms with E-state index in [1.807, 2.05) is 30.3 Å². The van der Waals surface area contributed by atoms with Crippen LogP contribution in [0.5, 0.6) is 5.75 Å². The highest BCUT2D eigenvalue weighted by Crippen LogP contribution is 2.08. The third-order valence-corrected chi connectivity index (χ3v) is 2.54. The molecule has 1 rings (SSSR count). The zero-order chi connectivity index (χ0) is 13.1. The molecule has 1 aromatic rings. The largest absolute Gasteiger partial charge is 0.492 e. The fourth-order valence-electron chi connectivity index (χ4n) is 1.60. The normalized spacial score (nSPS) is 12.3. The van der Waals surface area contributed by atoms with E-state index < -0.39 is 0 Å². The molecule has 0 aliphatic carbocycles. The van der Waals surface area contributed by atoms with Crippen LogP contribution in [0.4, 0.5) is 0 Å². The van der Waals surface area contributed by atoms with E-state index in [4.69, 9.17) is 9.47 Å². The highest BCUT2D eigenvalue weighted by molar-refractivity contribution is 5.20. The van der Waals surface area contributed by atoms with E-state index in [2.05, 4.69) is 19.2 Å². The fourth-order valence-corrected chi connectivity index (χ4v) is 1.60. The molecule has 0 aliphatic heterocycles. The Labute approximate surface area is 110 Å². The summed E-state index contributed by atoms with van der Waals surface area (Å²) in [6.45, 7) is 7.45. The molecule has 3 nitrogen and oxygen atoms in total. The van der Waals surface area contributed by atoms with Gasteiger partial charge in [0.05, 0.1) is 12.6 Å². The van der Waals surface area contributed by atoms with Crippen LogP contribution < -0.4 is 10.1 Å². The third kappa shape index (κ3) is 6.62. The second-order valence-electron chi connectivity index (χ2n) is 4.35. The average Bonchev–Trinajstić information content (AvgIpc) is 2.42. The van der Waals surface area contributed by atoms with Crippen molar-refractivity contribution in [1.29, 1.82) is 0 Å². The van der Waals surface area contributed by atoms with E-state index in [0.717, 1.165) is 31.7 Å². The van der Waals surface area contributed by atoms with E-state index in [9.17, 15) is 0 Å². The average molecular weight is 251 g/mol. The number of hydrogen-bond acceptors (Lipinski definition) is 3. The summed E-state index contributed by atoms with van der Waals surface area (Å²) < 4.78 is 11.3. The molecule has 0 radical (unpaired) electrons. The molecule has 1 aromatic carbocycles. The molecule has 0 bridgehead atoms. The Morgan fingerprint density at radius 1 is 1.06 bits per heavy atom. The van der Waals surface area contributed by atoms with Crippen molar-refractivity contribution in [1.82, 2.24) is 5.32 Å². The van der Waals surface area contributed by atoms with Gasteiger partial charge >= 0.3 is 0 Å². The first-order chi connectivity index (χ1) is 8.86. The summed E-state index contributed by atoms with van der Waals surface area (Å²) in [6.07, 6.45) is 2.18. The molecule has 0 aliphatic rings. The Morgan fingerprint density at radius 3 is 2.50 bits per heavy atom. The van der Waals surface area contributed by atoms with Crippen LogP contribution in [-0.2, 0) is 4.74 Å². The SMILES string of the molecule is CCCNC(COCCC)COc1ccccc1. The zero-order valence-electron chi connectivity index (χ0n) is 11.5. The van der Waals surface area contributed by atoms with E-state index >= 15 is 0 Å². The van der Waals surface area contributed by atoms with E-state index in [1.54, 1.807) is 0 Å². The summed E-state index contributed by atoms with van der Waals surface area (Å²) in [5.74, 6) is 0.913. The molecule has 102 valence electrons. The molecule has 18 heavy (non-hydrogen) atoms. The van der Waals surface area contributed by atoms with Crippen molar-refractivity contribution < 1.29 is 9.47 Å². The van der Waals surface area contributed by atoms with Gasteiger partial charge in [-0.25, -0.2) is 0 Å². The Hall–Kier alpha value is -1.06. The number of benzene rings is 1. The van der Waals surface area contributed by atoms with E-state index in [1.165, 1.54) is 0 Å². The molecule has 1 atom stereocenters. The minimum atomic E-state index is 0.261. The van der Waals surface area contributed by atoms with Crippen molar-refractivity contribution in [2.45, 2.75) is 32.7 Å². The molecule has 0 aromatic heterocycles. The van der Waals surface area contributed by atoms with Crippen molar-refractivity contribution in [2.75, 3.05) is 26.4 Å². The highest BCUT2D eigenvalue weighted by atomic mass is 16.5. The molecule has 0 amide bonds. The minimum Gasteiger partial charge on any atom is -0.492 e. The lowest BCUT2D eigenvalue weighted by Gasteiger charge is -2.19. The smallest absolute Gasteiger partial charge is 0.119 e. The first-order valence-corrected chi connectivity index (χ1v) is 6.85. The first-order valence-electron chi connectivity index (χ1n) is 6.85. The predicted octanol–water partition coefficient (Wildman–Crippen LogP) is 2.86. The molecular weight excluding hydrogens is 226 g/mol.